The maximum Gasteiger partial charge on any atom is 0.323 e. The molecule has 1 aromatic carbocycles. The number of aliphatic carboxylic acids is 1. The van der Waals surface area contributed by atoms with Crippen molar-refractivity contribution < 1.29 is 14.8 Å². The van der Waals surface area contributed by atoms with E-state index in [0.29, 0.717) is 5.52 Å². The van der Waals surface area contributed by atoms with Crippen molar-refractivity contribution in [2.45, 2.75) is 6.54 Å². The van der Waals surface area contributed by atoms with Crippen molar-refractivity contribution in [3.05, 3.63) is 50.8 Å². The van der Waals surface area contributed by atoms with E-state index in [1.54, 1.807) is 0 Å². The first-order valence-corrected chi connectivity index (χ1v) is 4.98. The summed E-state index contributed by atoms with van der Waals surface area (Å²) in [5.41, 5.74) is -0.224. The maximum atomic E-state index is 11.6. The van der Waals surface area contributed by atoms with Crippen LogP contribution < -0.4 is 5.43 Å². The van der Waals surface area contributed by atoms with Crippen LogP contribution in [-0.4, -0.2) is 50.1 Å². The Hall–Kier alpha value is -1.70. The number of pyridine rings is 1. The Morgan fingerprint density at radius 1 is 1.37 bits per heavy atom. The minimum atomic E-state index is -1.06. The van der Waals surface area contributed by atoms with Crippen LogP contribution in [0.4, 0.5) is 5.69 Å². The maximum absolute atomic E-state index is 11.6. The molecule has 19 heavy (non-hydrogen) atoms. The molecule has 2 aromatic rings. The Labute approximate surface area is 128 Å². The number of aromatic nitrogens is 1. The van der Waals surface area contributed by atoms with Gasteiger partial charge in [-0.2, -0.15) is 0 Å². The Kier molecular flexibility index (Phi) is 4.82. The van der Waals surface area contributed by atoms with E-state index in [1.165, 1.54) is 29.0 Å². The van der Waals surface area contributed by atoms with Crippen molar-refractivity contribution in [2.75, 3.05) is 0 Å². The second-order valence-electron chi connectivity index (χ2n) is 3.66. The fourth-order valence-corrected chi connectivity index (χ4v) is 1.70. The first-order chi connectivity index (χ1) is 8.49. The third-order valence-corrected chi connectivity index (χ3v) is 2.48. The molecular weight excluding hydrogens is 263 g/mol. The standard InChI is InChI=1S/C11H8N2O5.Na/c14-10-3-4-12(6-11(15)16)9-2-1-7(13(17)18)5-8(9)10;/h1-5H,6H2,(H,15,16);. The van der Waals surface area contributed by atoms with Crippen LogP contribution in [0.5, 0.6) is 0 Å². The molecule has 93 valence electrons. The Balaban J connectivity index is 0.00000180. The van der Waals surface area contributed by atoms with Gasteiger partial charge in [-0.25, -0.2) is 0 Å². The van der Waals surface area contributed by atoms with Crippen LogP contribution in [0.2, 0.25) is 0 Å². The number of nitrogens with zero attached hydrogens (tertiary/aromatic N) is 2. The molecule has 0 fully saturated rings. The van der Waals surface area contributed by atoms with Gasteiger partial charge in [0, 0.05) is 54.0 Å². The zero-order chi connectivity index (χ0) is 13.3. The monoisotopic (exact) mass is 271 g/mol. The van der Waals surface area contributed by atoms with Crippen molar-refractivity contribution in [1.82, 2.24) is 4.57 Å². The molecule has 0 unspecified atom stereocenters. The van der Waals surface area contributed by atoms with Crippen LogP contribution in [0.15, 0.2) is 35.3 Å². The molecule has 0 saturated heterocycles. The number of carbonyl (C=O) groups is 1. The van der Waals surface area contributed by atoms with Crippen molar-refractivity contribution in [3.8, 4) is 0 Å². The van der Waals surface area contributed by atoms with E-state index >= 15 is 0 Å². The van der Waals surface area contributed by atoms with Crippen molar-refractivity contribution in [3.63, 3.8) is 0 Å². The van der Waals surface area contributed by atoms with Crippen LogP contribution in [0.3, 0.4) is 0 Å². The fourth-order valence-electron chi connectivity index (χ4n) is 1.70. The summed E-state index contributed by atoms with van der Waals surface area (Å²) in [6.07, 6.45) is 1.35. The molecule has 0 bridgehead atoms. The Bertz CT molecular complexity index is 710. The summed E-state index contributed by atoms with van der Waals surface area (Å²) < 4.78 is 1.35. The van der Waals surface area contributed by atoms with Gasteiger partial charge in [0.1, 0.15) is 6.54 Å². The number of non-ortho nitro benzene ring substituents is 1. The van der Waals surface area contributed by atoms with E-state index in [9.17, 15) is 19.7 Å². The SMILES string of the molecule is O=C(O)Cn1ccc(=O)c2cc([N+](=O)[O-])ccc21.[Na]. The molecule has 0 spiro atoms. The van der Waals surface area contributed by atoms with Gasteiger partial charge in [0.15, 0.2) is 5.43 Å². The van der Waals surface area contributed by atoms with Crippen molar-refractivity contribution in [2.24, 2.45) is 0 Å². The van der Waals surface area contributed by atoms with Gasteiger partial charge in [-0.3, -0.25) is 19.7 Å². The molecular formula is C11H8N2NaO5. The van der Waals surface area contributed by atoms with Gasteiger partial charge in [0.25, 0.3) is 5.69 Å². The first kappa shape index (κ1) is 15.4. The van der Waals surface area contributed by atoms with Crippen molar-refractivity contribution >= 4 is 52.1 Å². The molecule has 0 atom stereocenters. The summed E-state index contributed by atoms with van der Waals surface area (Å²) in [4.78, 5) is 32.3. The summed E-state index contributed by atoms with van der Waals surface area (Å²) in [5.74, 6) is -1.06. The number of carboxylic acid groups (broad SMARTS) is 1. The summed E-state index contributed by atoms with van der Waals surface area (Å²) in [5, 5.41) is 19.5. The van der Waals surface area contributed by atoms with Gasteiger partial charge in [-0.05, 0) is 6.07 Å². The van der Waals surface area contributed by atoms with Gasteiger partial charge in [-0.1, -0.05) is 0 Å². The molecule has 0 aliphatic carbocycles. The van der Waals surface area contributed by atoms with Crippen LogP contribution in [0.25, 0.3) is 10.9 Å². The van der Waals surface area contributed by atoms with Crippen molar-refractivity contribution in [1.29, 1.82) is 0 Å². The second-order valence-corrected chi connectivity index (χ2v) is 3.66. The first-order valence-electron chi connectivity index (χ1n) is 4.98. The molecule has 7 nitrogen and oxygen atoms in total. The minimum absolute atomic E-state index is 0. The average molecular weight is 271 g/mol. The van der Waals surface area contributed by atoms with Gasteiger partial charge >= 0.3 is 5.97 Å². The molecule has 8 heteroatoms. The van der Waals surface area contributed by atoms with Crippen LogP contribution in [0.1, 0.15) is 0 Å². The molecule has 1 aromatic heterocycles. The molecule has 0 aliphatic heterocycles. The molecule has 1 heterocycles. The average Bonchev–Trinajstić information content (AvgIpc) is 2.32. The van der Waals surface area contributed by atoms with E-state index in [-0.39, 0.29) is 52.6 Å². The summed E-state index contributed by atoms with van der Waals surface area (Å²) in [6.45, 7) is -0.311. The van der Waals surface area contributed by atoms with E-state index < -0.39 is 10.9 Å². The minimum Gasteiger partial charge on any atom is -0.480 e. The van der Waals surface area contributed by atoms with Crippen LogP contribution in [-0.2, 0) is 11.3 Å². The number of nitro groups is 1. The predicted octanol–water partition coefficient (Wildman–Crippen LogP) is 0.614. The quantitative estimate of drug-likeness (QED) is 0.500. The number of carboxylic acids is 1. The smallest absolute Gasteiger partial charge is 0.323 e. The summed E-state index contributed by atoms with van der Waals surface area (Å²) in [6, 6.07) is 4.95. The molecule has 0 aliphatic rings. The van der Waals surface area contributed by atoms with E-state index in [4.69, 9.17) is 5.11 Å². The molecule has 1 radical (unpaired) electrons. The molecule has 1 N–H and O–H groups in total. The zero-order valence-corrected chi connectivity index (χ0v) is 12.1. The van der Waals surface area contributed by atoms with E-state index in [2.05, 4.69) is 0 Å². The number of fused-ring (bicyclic) bond motifs is 1. The van der Waals surface area contributed by atoms with Crippen LogP contribution >= 0.6 is 0 Å². The van der Waals surface area contributed by atoms with Gasteiger partial charge in [-0.15, -0.1) is 0 Å². The predicted molar refractivity (Wildman–Crippen MR) is 68.3 cm³/mol. The Morgan fingerprint density at radius 3 is 2.63 bits per heavy atom. The number of benzene rings is 1. The normalized spacial score (nSPS) is 9.89. The van der Waals surface area contributed by atoms with Gasteiger partial charge in [0.2, 0.25) is 0 Å². The topological polar surface area (TPSA) is 102 Å². The third-order valence-electron chi connectivity index (χ3n) is 2.48. The molecule has 0 saturated carbocycles. The zero-order valence-electron chi connectivity index (χ0n) is 10.1. The molecule has 2 rings (SSSR count). The number of hydrogen-bond acceptors (Lipinski definition) is 4. The van der Waals surface area contributed by atoms with Gasteiger partial charge in [0.05, 0.1) is 15.8 Å². The largest absolute Gasteiger partial charge is 0.480 e. The fraction of sp³-hybridized carbons (Fsp3) is 0.0909. The summed E-state index contributed by atoms with van der Waals surface area (Å²) >= 11 is 0. The van der Waals surface area contributed by atoms with E-state index in [0.717, 1.165) is 6.07 Å². The molecule has 0 amide bonds. The second kappa shape index (κ2) is 5.96. The number of hydrogen-bond donors (Lipinski definition) is 1. The van der Waals surface area contributed by atoms with E-state index in [1.807, 2.05) is 0 Å². The number of rotatable bonds is 3. The summed E-state index contributed by atoms with van der Waals surface area (Å²) in [7, 11) is 0. The van der Waals surface area contributed by atoms with Gasteiger partial charge < -0.3 is 9.67 Å². The third kappa shape index (κ3) is 3.19. The van der Waals surface area contributed by atoms with Crippen LogP contribution in [0, 0.1) is 10.1 Å². The number of nitro benzene ring substituents is 1. The Morgan fingerprint density at radius 2 is 2.05 bits per heavy atom.